The molecule has 0 aliphatic carbocycles. The van der Waals surface area contributed by atoms with Gasteiger partial charge in [-0.3, -0.25) is 4.79 Å². The highest BCUT2D eigenvalue weighted by atomic mass is 35.5. The third-order valence-electron chi connectivity index (χ3n) is 3.66. The van der Waals surface area contributed by atoms with E-state index in [1.54, 1.807) is 6.07 Å². The van der Waals surface area contributed by atoms with Crippen LogP contribution in [-0.2, 0) is 4.79 Å². The zero-order valence-corrected chi connectivity index (χ0v) is 16.2. The number of para-hydroxylation sites is 3. The minimum absolute atomic E-state index is 0.0722. The molecule has 0 aliphatic rings. The molecule has 0 radical (unpaired) electrons. The highest BCUT2D eigenvalue weighted by Crippen LogP contribution is 2.32. The number of carbonyl (C=O) groups excluding carboxylic acids is 1. The predicted molar refractivity (Wildman–Crippen MR) is 107 cm³/mol. The highest BCUT2D eigenvalue weighted by molar-refractivity contribution is 6.34. The van der Waals surface area contributed by atoms with Crippen molar-refractivity contribution in [1.82, 2.24) is 0 Å². The second kappa shape index (κ2) is 9.92. The van der Waals surface area contributed by atoms with Crippen LogP contribution in [-0.4, -0.2) is 33.2 Å². The van der Waals surface area contributed by atoms with Crippen molar-refractivity contribution in [2.75, 3.05) is 37.5 Å². The molecule has 0 saturated heterocycles. The highest BCUT2D eigenvalue weighted by Gasteiger charge is 2.12. The van der Waals surface area contributed by atoms with Crippen LogP contribution in [0.4, 0.5) is 11.4 Å². The molecule has 140 valence electrons. The summed E-state index contributed by atoms with van der Waals surface area (Å²) in [6.45, 7) is 2.95. The van der Waals surface area contributed by atoms with Gasteiger partial charge in [0.05, 0.1) is 29.6 Å². The van der Waals surface area contributed by atoms with Crippen LogP contribution < -0.4 is 19.7 Å². The lowest BCUT2D eigenvalue weighted by Gasteiger charge is -2.19. The maximum Gasteiger partial charge on any atom is 0.224 e. The lowest BCUT2D eigenvalue weighted by atomic mass is 10.2. The Morgan fingerprint density at radius 3 is 2.42 bits per heavy atom. The zero-order valence-electron chi connectivity index (χ0n) is 15.4. The van der Waals surface area contributed by atoms with Gasteiger partial charge in [0.2, 0.25) is 5.91 Å². The summed E-state index contributed by atoms with van der Waals surface area (Å²) in [5.41, 5.74) is 1.50. The van der Waals surface area contributed by atoms with E-state index in [9.17, 15) is 4.79 Å². The van der Waals surface area contributed by atoms with Gasteiger partial charge in [-0.1, -0.05) is 29.8 Å². The van der Waals surface area contributed by atoms with Gasteiger partial charge in [0, 0.05) is 20.5 Å². The largest absolute Gasteiger partial charge is 0.490 e. The Morgan fingerprint density at radius 1 is 1.08 bits per heavy atom. The van der Waals surface area contributed by atoms with E-state index in [0.717, 1.165) is 5.69 Å². The maximum atomic E-state index is 12.2. The van der Waals surface area contributed by atoms with Crippen LogP contribution >= 0.6 is 11.6 Å². The van der Waals surface area contributed by atoms with Gasteiger partial charge in [-0.15, -0.1) is 0 Å². The van der Waals surface area contributed by atoms with E-state index in [1.807, 2.05) is 62.3 Å². The standard InChI is InChI=1S/C20H25ClN2O3/c1-4-25-17-11-5-6-12-18(17)26-14-8-13-19(24)22-16-10-7-9-15(21)20(16)23(2)3/h5-7,9-12H,4,8,13-14H2,1-3H3,(H,22,24). The summed E-state index contributed by atoms with van der Waals surface area (Å²) in [7, 11) is 3.78. The summed E-state index contributed by atoms with van der Waals surface area (Å²) in [6, 6.07) is 13.0. The monoisotopic (exact) mass is 376 g/mol. The minimum atomic E-state index is -0.0722. The molecule has 2 aromatic rings. The molecule has 26 heavy (non-hydrogen) atoms. The summed E-state index contributed by atoms with van der Waals surface area (Å²) < 4.78 is 11.3. The number of halogens is 1. The summed E-state index contributed by atoms with van der Waals surface area (Å²) in [5, 5.41) is 3.52. The van der Waals surface area contributed by atoms with Crippen LogP contribution in [0.3, 0.4) is 0 Å². The van der Waals surface area contributed by atoms with Gasteiger partial charge in [0.15, 0.2) is 11.5 Å². The normalized spacial score (nSPS) is 10.3. The predicted octanol–water partition coefficient (Wildman–Crippen LogP) is 4.60. The number of hydrogen-bond donors (Lipinski definition) is 1. The second-order valence-corrected chi connectivity index (χ2v) is 6.32. The van der Waals surface area contributed by atoms with Crippen LogP contribution in [0.5, 0.6) is 11.5 Å². The molecule has 0 aromatic heterocycles. The Labute approximate surface area is 159 Å². The third-order valence-corrected chi connectivity index (χ3v) is 3.97. The van der Waals surface area contributed by atoms with Crippen molar-refractivity contribution in [3.8, 4) is 11.5 Å². The van der Waals surface area contributed by atoms with Crippen LogP contribution in [0.1, 0.15) is 19.8 Å². The first kappa shape index (κ1) is 19.9. The van der Waals surface area contributed by atoms with E-state index in [0.29, 0.717) is 48.3 Å². The fourth-order valence-corrected chi connectivity index (χ4v) is 2.89. The van der Waals surface area contributed by atoms with E-state index in [4.69, 9.17) is 21.1 Å². The molecule has 1 N–H and O–H groups in total. The van der Waals surface area contributed by atoms with Gasteiger partial charge in [-0.25, -0.2) is 0 Å². The van der Waals surface area contributed by atoms with Crippen LogP contribution in [0.15, 0.2) is 42.5 Å². The molecule has 0 saturated carbocycles. The van der Waals surface area contributed by atoms with Crippen molar-refractivity contribution in [3.63, 3.8) is 0 Å². The number of ether oxygens (including phenoxy) is 2. The Balaban J connectivity index is 1.84. The Bertz CT molecular complexity index is 735. The number of hydrogen-bond acceptors (Lipinski definition) is 4. The lowest BCUT2D eigenvalue weighted by molar-refractivity contribution is -0.116. The lowest BCUT2D eigenvalue weighted by Crippen LogP contribution is -2.17. The summed E-state index contributed by atoms with van der Waals surface area (Å²) in [6.07, 6.45) is 0.959. The van der Waals surface area contributed by atoms with E-state index >= 15 is 0 Å². The number of anilines is 2. The molecule has 0 fully saturated rings. The number of nitrogens with zero attached hydrogens (tertiary/aromatic N) is 1. The molecule has 0 heterocycles. The third kappa shape index (κ3) is 5.56. The average Bonchev–Trinajstić information content (AvgIpc) is 2.60. The molecule has 6 heteroatoms. The van der Waals surface area contributed by atoms with Crippen LogP contribution in [0.2, 0.25) is 5.02 Å². The van der Waals surface area contributed by atoms with E-state index in [-0.39, 0.29) is 5.91 Å². The first-order valence-electron chi connectivity index (χ1n) is 8.63. The number of rotatable bonds is 9. The molecule has 1 amide bonds. The number of benzene rings is 2. The minimum Gasteiger partial charge on any atom is -0.490 e. The Kier molecular flexibility index (Phi) is 7.60. The molecular weight excluding hydrogens is 352 g/mol. The van der Waals surface area contributed by atoms with Crippen molar-refractivity contribution < 1.29 is 14.3 Å². The fraction of sp³-hybridized carbons (Fsp3) is 0.350. The van der Waals surface area contributed by atoms with Crippen LogP contribution in [0, 0.1) is 0 Å². The van der Waals surface area contributed by atoms with Crippen molar-refractivity contribution in [2.45, 2.75) is 19.8 Å². The van der Waals surface area contributed by atoms with Crippen molar-refractivity contribution in [3.05, 3.63) is 47.5 Å². The van der Waals surface area contributed by atoms with Crippen LogP contribution in [0.25, 0.3) is 0 Å². The van der Waals surface area contributed by atoms with E-state index in [2.05, 4.69) is 5.32 Å². The zero-order chi connectivity index (χ0) is 18.9. The molecule has 0 spiro atoms. The first-order chi connectivity index (χ1) is 12.5. The second-order valence-electron chi connectivity index (χ2n) is 5.91. The summed E-state index contributed by atoms with van der Waals surface area (Å²) in [5.74, 6) is 1.34. The van der Waals surface area contributed by atoms with Gasteiger partial charge in [-0.05, 0) is 37.6 Å². The first-order valence-corrected chi connectivity index (χ1v) is 9.01. The molecule has 2 rings (SSSR count). The van der Waals surface area contributed by atoms with E-state index in [1.165, 1.54) is 0 Å². The number of nitrogens with one attached hydrogen (secondary N) is 1. The Morgan fingerprint density at radius 2 is 1.77 bits per heavy atom. The van der Waals surface area contributed by atoms with Crippen molar-refractivity contribution in [1.29, 1.82) is 0 Å². The van der Waals surface area contributed by atoms with Gasteiger partial charge >= 0.3 is 0 Å². The average molecular weight is 377 g/mol. The SMILES string of the molecule is CCOc1ccccc1OCCCC(=O)Nc1cccc(Cl)c1N(C)C. The molecule has 5 nitrogen and oxygen atoms in total. The van der Waals surface area contributed by atoms with Gasteiger partial charge in [0.1, 0.15) is 0 Å². The van der Waals surface area contributed by atoms with E-state index < -0.39 is 0 Å². The summed E-state index contributed by atoms with van der Waals surface area (Å²) in [4.78, 5) is 14.1. The molecule has 0 unspecified atom stereocenters. The molecule has 2 aromatic carbocycles. The molecule has 0 aliphatic heterocycles. The number of amides is 1. The van der Waals surface area contributed by atoms with Gasteiger partial charge in [-0.2, -0.15) is 0 Å². The Hall–Kier alpha value is -2.40. The molecular formula is C20H25ClN2O3. The van der Waals surface area contributed by atoms with Gasteiger partial charge in [0.25, 0.3) is 0 Å². The number of carbonyl (C=O) groups is 1. The maximum absolute atomic E-state index is 12.2. The fourth-order valence-electron chi connectivity index (χ4n) is 2.54. The quantitative estimate of drug-likeness (QED) is 0.649. The van der Waals surface area contributed by atoms with Gasteiger partial charge < -0.3 is 19.7 Å². The smallest absolute Gasteiger partial charge is 0.224 e. The summed E-state index contributed by atoms with van der Waals surface area (Å²) >= 11 is 6.22. The van der Waals surface area contributed by atoms with Crippen molar-refractivity contribution >= 4 is 28.9 Å². The molecule has 0 bridgehead atoms. The molecule has 0 atom stereocenters. The van der Waals surface area contributed by atoms with Crippen molar-refractivity contribution in [2.24, 2.45) is 0 Å². The topological polar surface area (TPSA) is 50.8 Å².